The van der Waals surface area contributed by atoms with Crippen molar-refractivity contribution < 1.29 is 9.18 Å². The maximum Gasteiger partial charge on any atom is 0.251 e. The van der Waals surface area contributed by atoms with Crippen LogP contribution >= 0.6 is 12.4 Å². The summed E-state index contributed by atoms with van der Waals surface area (Å²) in [5, 5.41) is 9.88. The molecule has 0 bridgehead atoms. The van der Waals surface area contributed by atoms with Gasteiger partial charge in [-0.25, -0.2) is 9.07 Å². The van der Waals surface area contributed by atoms with Gasteiger partial charge in [-0.3, -0.25) is 4.79 Å². The molecule has 5 nitrogen and oxygen atoms in total. The number of likely N-dealkylation sites (N-methyl/N-ethyl adjacent to an activating group) is 1. The maximum atomic E-state index is 14.2. The summed E-state index contributed by atoms with van der Waals surface area (Å²) in [4.78, 5) is 11.9. The lowest BCUT2D eigenvalue weighted by Crippen LogP contribution is -2.30. The molecule has 0 saturated heterocycles. The molecule has 22 heavy (non-hydrogen) atoms. The topological polar surface area (TPSA) is 58.9 Å². The minimum absolute atomic E-state index is 0. The number of amides is 1. The molecule has 0 atom stereocenters. The molecular weight excluding hydrogens is 307 g/mol. The molecule has 1 amide bonds. The highest BCUT2D eigenvalue weighted by Gasteiger charge is 2.12. The first kappa shape index (κ1) is 18.1. The average molecular weight is 327 g/mol. The predicted octanol–water partition coefficient (Wildman–Crippen LogP) is 2.00. The lowest BCUT2D eigenvalue weighted by atomic mass is 10.2. The second-order valence-corrected chi connectivity index (χ2v) is 4.86. The molecule has 0 aliphatic heterocycles. The van der Waals surface area contributed by atoms with Crippen LogP contribution in [-0.2, 0) is 0 Å². The van der Waals surface area contributed by atoms with Crippen LogP contribution in [0.3, 0.4) is 0 Å². The van der Waals surface area contributed by atoms with E-state index in [9.17, 15) is 9.18 Å². The Balaban J connectivity index is 0.00000242. The van der Waals surface area contributed by atoms with E-state index in [2.05, 4.69) is 15.7 Å². The summed E-state index contributed by atoms with van der Waals surface area (Å²) >= 11 is 0. The maximum absolute atomic E-state index is 14.2. The van der Waals surface area contributed by atoms with Gasteiger partial charge < -0.3 is 10.6 Å². The number of nitrogens with zero attached hydrogens (tertiary/aromatic N) is 2. The van der Waals surface area contributed by atoms with Crippen LogP contribution in [0.15, 0.2) is 24.3 Å². The van der Waals surface area contributed by atoms with Gasteiger partial charge >= 0.3 is 0 Å². The molecule has 0 unspecified atom stereocenters. The van der Waals surface area contributed by atoms with Crippen LogP contribution in [0.25, 0.3) is 5.69 Å². The SMILES string of the molecule is CNCCNC(=O)c1ccc(-n2nc(C)cc2C)c(F)c1.Cl. The number of aryl methyl sites for hydroxylation is 2. The smallest absolute Gasteiger partial charge is 0.251 e. The first-order valence-electron chi connectivity index (χ1n) is 6.79. The quantitative estimate of drug-likeness (QED) is 0.826. The van der Waals surface area contributed by atoms with Crippen molar-refractivity contribution in [2.24, 2.45) is 0 Å². The molecule has 0 aliphatic carbocycles. The van der Waals surface area contributed by atoms with Crippen molar-refractivity contribution >= 4 is 18.3 Å². The molecule has 1 heterocycles. The van der Waals surface area contributed by atoms with Crippen molar-refractivity contribution in [2.45, 2.75) is 13.8 Å². The fraction of sp³-hybridized carbons (Fsp3) is 0.333. The number of hydrogen-bond acceptors (Lipinski definition) is 3. The number of aromatic nitrogens is 2. The highest BCUT2D eigenvalue weighted by molar-refractivity contribution is 5.94. The van der Waals surface area contributed by atoms with E-state index < -0.39 is 5.82 Å². The van der Waals surface area contributed by atoms with E-state index in [1.54, 1.807) is 19.2 Å². The Morgan fingerprint density at radius 3 is 2.55 bits per heavy atom. The van der Waals surface area contributed by atoms with Crippen LogP contribution in [0, 0.1) is 19.7 Å². The van der Waals surface area contributed by atoms with E-state index in [1.807, 2.05) is 19.9 Å². The van der Waals surface area contributed by atoms with Crippen LogP contribution in [-0.4, -0.2) is 35.8 Å². The van der Waals surface area contributed by atoms with Crippen LogP contribution in [0.2, 0.25) is 0 Å². The van der Waals surface area contributed by atoms with E-state index in [0.717, 1.165) is 11.4 Å². The van der Waals surface area contributed by atoms with E-state index in [0.29, 0.717) is 24.3 Å². The summed E-state index contributed by atoms with van der Waals surface area (Å²) < 4.78 is 15.8. The number of halogens is 2. The molecule has 0 fully saturated rings. The van der Waals surface area contributed by atoms with Crippen LogP contribution in [0.4, 0.5) is 4.39 Å². The number of hydrogen-bond donors (Lipinski definition) is 2. The second kappa shape index (κ2) is 7.91. The third-order valence-corrected chi connectivity index (χ3v) is 3.11. The average Bonchev–Trinajstić information content (AvgIpc) is 2.77. The number of carbonyl (C=O) groups excluding carboxylic acids is 1. The van der Waals surface area contributed by atoms with Gasteiger partial charge in [0.05, 0.1) is 5.69 Å². The molecule has 2 aromatic rings. The highest BCUT2D eigenvalue weighted by atomic mass is 35.5. The summed E-state index contributed by atoms with van der Waals surface area (Å²) in [6, 6.07) is 6.28. The zero-order chi connectivity index (χ0) is 15.4. The van der Waals surface area contributed by atoms with Crippen LogP contribution in [0.1, 0.15) is 21.7 Å². The van der Waals surface area contributed by atoms with Gasteiger partial charge in [0.2, 0.25) is 0 Å². The van der Waals surface area contributed by atoms with Crippen molar-refractivity contribution in [3.63, 3.8) is 0 Å². The zero-order valence-electron chi connectivity index (χ0n) is 12.8. The summed E-state index contributed by atoms with van der Waals surface area (Å²) in [7, 11) is 1.80. The molecule has 0 spiro atoms. The third-order valence-electron chi connectivity index (χ3n) is 3.11. The van der Waals surface area contributed by atoms with Gasteiger partial charge in [0.1, 0.15) is 11.5 Å². The van der Waals surface area contributed by atoms with Gasteiger partial charge in [-0.2, -0.15) is 5.10 Å². The fourth-order valence-electron chi connectivity index (χ4n) is 2.10. The molecule has 7 heteroatoms. The van der Waals surface area contributed by atoms with E-state index in [1.165, 1.54) is 10.7 Å². The molecule has 1 aromatic heterocycles. The van der Waals surface area contributed by atoms with Gasteiger partial charge in [0, 0.05) is 24.3 Å². The standard InChI is InChI=1S/C15H19FN4O.ClH/c1-10-8-11(2)20(19-10)14-5-4-12(9-13(14)16)15(21)18-7-6-17-3;/h4-5,8-9,17H,6-7H2,1-3H3,(H,18,21);1H. The van der Waals surface area contributed by atoms with Gasteiger partial charge in [0.15, 0.2) is 0 Å². The molecule has 120 valence electrons. The summed E-state index contributed by atoms with van der Waals surface area (Å²) in [6.07, 6.45) is 0. The minimum Gasteiger partial charge on any atom is -0.351 e. The Morgan fingerprint density at radius 1 is 1.27 bits per heavy atom. The molecule has 0 aliphatic rings. The predicted molar refractivity (Wildman–Crippen MR) is 86.5 cm³/mol. The first-order chi connectivity index (χ1) is 10.0. The van der Waals surface area contributed by atoms with Gasteiger partial charge in [-0.05, 0) is 45.2 Å². The highest BCUT2D eigenvalue weighted by Crippen LogP contribution is 2.17. The number of carbonyl (C=O) groups is 1. The normalized spacial score (nSPS) is 10.2. The lowest BCUT2D eigenvalue weighted by molar-refractivity contribution is 0.0953. The van der Waals surface area contributed by atoms with Gasteiger partial charge in [-0.15, -0.1) is 12.4 Å². The van der Waals surface area contributed by atoms with Crippen molar-refractivity contribution in [1.82, 2.24) is 20.4 Å². The zero-order valence-corrected chi connectivity index (χ0v) is 13.6. The number of benzene rings is 1. The molecule has 2 N–H and O–H groups in total. The molecule has 1 aromatic carbocycles. The first-order valence-corrected chi connectivity index (χ1v) is 6.79. The summed E-state index contributed by atoms with van der Waals surface area (Å²) in [6.45, 7) is 4.87. The Hall–Kier alpha value is -1.92. The number of nitrogens with one attached hydrogen (secondary N) is 2. The molecule has 0 radical (unpaired) electrons. The monoisotopic (exact) mass is 326 g/mol. The third kappa shape index (κ3) is 4.05. The summed E-state index contributed by atoms with van der Waals surface area (Å²) in [5.41, 5.74) is 2.31. The van der Waals surface area contributed by atoms with Crippen LogP contribution < -0.4 is 10.6 Å². The lowest BCUT2D eigenvalue weighted by Gasteiger charge is -2.09. The van der Waals surface area contributed by atoms with E-state index >= 15 is 0 Å². The Morgan fingerprint density at radius 2 is 2.00 bits per heavy atom. The van der Waals surface area contributed by atoms with E-state index in [4.69, 9.17) is 0 Å². The Kier molecular flexibility index (Phi) is 6.52. The van der Waals surface area contributed by atoms with Crippen molar-refractivity contribution in [2.75, 3.05) is 20.1 Å². The molecule has 2 rings (SSSR count). The molecular formula is C15H20ClFN4O. The van der Waals surface area contributed by atoms with Crippen molar-refractivity contribution in [1.29, 1.82) is 0 Å². The second-order valence-electron chi connectivity index (χ2n) is 4.86. The largest absolute Gasteiger partial charge is 0.351 e. The van der Waals surface area contributed by atoms with Crippen molar-refractivity contribution in [3.05, 3.63) is 47.0 Å². The summed E-state index contributed by atoms with van der Waals surface area (Å²) in [5.74, 6) is -0.758. The fourth-order valence-corrected chi connectivity index (χ4v) is 2.10. The van der Waals surface area contributed by atoms with E-state index in [-0.39, 0.29) is 18.3 Å². The minimum atomic E-state index is -0.470. The van der Waals surface area contributed by atoms with Gasteiger partial charge in [0.25, 0.3) is 5.91 Å². The Bertz CT molecular complexity index is 657. The number of rotatable bonds is 5. The van der Waals surface area contributed by atoms with Gasteiger partial charge in [-0.1, -0.05) is 0 Å². The van der Waals surface area contributed by atoms with Crippen LogP contribution in [0.5, 0.6) is 0 Å². The Labute approximate surface area is 135 Å². The van der Waals surface area contributed by atoms with Crippen molar-refractivity contribution in [3.8, 4) is 5.69 Å². The molecule has 0 saturated carbocycles.